The van der Waals surface area contributed by atoms with E-state index in [1.54, 1.807) is 30.3 Å². The van der Waals surface area contributed by atoms with Gasteiger partial charge in [-0.2, -0.15) is 0 Å². The summed E-state index contributed by atoms with van der Waals surface area (Å²) in [6.07, 6.45) is 0. The summed E-state index contributed by atoms with van der Waals surface area (Å²) in [6, 6.07) is 21.3. The number of esters is 1. The Kier molecular flexibility index (Phi) is 4.46. The van der Waals surface area contributed by atoms with Gasteiger partial charge in [0.2, 0.25) is 0 Å². The molecule has 0 aliphatic carbocycles. The fourth-order valence-electron chi connectivity index (χ4n) is 2.67. The first kappa shape index (κ1) is 16.4. The summed E-state index contributed by atoms with van der Waals surface area (Å²) in [7, 11) is 0. The number of carbonyl (C=O) groups is 1. The van der Waals surface area contributed by atoms with Gasteiger partial charge in [0, 0.05) is 11.1 Å². The number of para-hydroxylation sites is 1. The average molecular weight is 363 g/mol. The van der Waals surface area contributed by atoms with E-state index < -0.39 is 5.97 Å². The molecule has 128 valence electrons. The van der Waals surface area contributed by atoms with Crippen molar-refractivity contribution in [1.29, 1.82) is 0 Å². The third-order valence-corrected chi connectivity index (χ3v) is 5.06. The fraction of sp³-hybridized carbons (Fsp3) is 0.0476. The van der Waals surface area contributed by atoms with Crippen LogP contribution >= 0.6 is 11.3 Å². The van der Waals surface area contributed by atoms with Crippen molar-refractivity contribution >= 4 is 27.5 Å². The largest absolute Gasteiger partial charge is 0.457 e. The Morgan fingerprint density at radius 3 is 2.54 bits per heavy atom. The van der Waals surface area contributed by atoms with Crippen LogP contribution in [0, 0.1) is 5.82 Å². The fourth-order valence-corrected chi connectivity index (χ4v) is 3.68. The quantitative estimate of drug-likeness (QED) is 0.452. The van der Waals surface area contributed by atoms with Crippen molar-refractivity contribution in [3.63, 3.8) is 0 Å². The predicted molar refractivity (Wildman–Crippen MR) is 101 cm³/mol. The minimum absolute atomic E-state index is 0.111. The molecular formula is C21H14FNO2S. The lowest BCUT2D eigenvalue weighted by molar-refractivity contribution is 0.0470. The first-order chi connectivity index (χ1) is 12.7. The van der Waals surface area contributed by atoms with Gasteiger partial charge in [-0.1, -0.05) is 48.5 Å². The van der Waals surface area contributed by atoms with Crippen molar-refractivity contribution in [1.82, 2.24) is 4.98 Å². The smallest absolute Gasteiger partial charge is 0.339 e. The first-order valence-electron chi connectivity index (χ1n) is 8.08. The molecular weight excluding hydrogens is 349 g/mol. The molecule has 0 aliphatic heterocycles. The van der Waals surface area contributed by atoms with Gasteiger partial charge in [-0.05, 0) is 24.3 Å². The highest BCUT2D eigenvalue weighted by atomic mass is 32.1. The van der Waals surface area contributed by atoms with E-state index in [4.69, 9.17) is 4.74 Å². The van der Waals surface area contributed by atoms with Gasteiger partial charge in [0.15, 0.2) is 0 Å². The number of carbonyl (C=O) groups excluding carboxylic acids is 1. The van der Waals surface area contributed by atoms with Crippen molar-refractivity contribution < 1.29 is 13.9 Å². The molecule has 0 amide bonds. The predicted octanol–water partition coefficient (Wildman–Crippen LogP) is 5.46. The summed E-state index contributed by atoms with van der Waals surface area (Å²) < 4.78 is 20.1. The number of hydrogen-bond donors (Lipinski definition) is 0. The van der Waals surface area contributed by atoms with E-state index in [9.17, 15) is 9.18 Å². The van der Waals surface area contributed by atoms with Crippen LogP contribution in [0.1, 0.15) is 15.9 Å². The number of nitrogens with zero attached hydrogens (tertiary/aromatic N) is 1. The van der Waals surface area contributed by atoms with Crippen molar-refractivity contribution in [2.24, 2.45) is 0 Å². The maximum Gasteiger partial charge on any atom is 0.339 e. The molecule has 0 saturated heterocycles. The number of ether oxygens (including phenoxy) is 1. The number of halogens is 1. The molecule has 0 saturated carbocycles. The monoisotopic (exact) mass is 363 g/mol. The molecule has 4 aromatic rings. The van der Waals surface area contributed by atoms with Gasteiger partial charge in [-0.25, -0.2) is 14.2 Å². The molecule has 0 fully saturated rings. The summed E-state index contributed by atoms with van der Waals surface area (Å²) in [6.45, 7) is -0.111. The second-order valence-corrected chi connectivity index (χ2v) is 6.73. The summed E-state index contributed by atoms with van der Waals surface area (Å²) in [4.78, 5) is 17.2. The van der Waals surface area contributed by atoms with E-state index in [1.807, 2.05) is 36.4 Å². The van der Waals surface area contributed by atoms with Crippen LogP contribution in [-0.4, -0.2) is 11.0 Å². The Balaban J connectivity index is 1.63. The third-order valence-electron chi connectivity index (χ3n) is 3.99. The van der Waals surface area contributed by atoms with Crippen LogP contribution in [-0.2, 0) is 11.3 Å². The van der Waals surface area contributed by atoms with Gasteiger partial charge in [0.25, 0.3) is 0 Å². The summed E-state index contributed by atoms with van der Waals surface area (Å²) >= 11 is 1.52. The maximum atomic E-state index is 13.7. The van der Waals surface area contributed by atoms with Crippen molar-refractivity contribution in [3.05, 3.63) is 89.7 Å². The van der Waals surface area contributed by atoms with Gasteiger partial charge < -0.3 is 4.74 Å². The highest BCUT2D eigenvalue weighted by Gasteiger charge is 2.17. The zero-order chi connectivity index (χ0) is 17.9. The van der Waals surface area contributed by atoms with Crippen molar-refractivity contribution in [3.8, 4) is 10.6 Å². The van der Waals surface area contributed by atoms with E-state index in [-0.39, 0.29) is 12.4 Å². The van der Waals surface area contributed by atoms with E-state index >= 15 is 0 Å². The third kappa shape index (κ3) is 3.21. The molecule has 5 heteroatoms. The van der Waals surface area contributed by atoms with Gasteiger partial charge in [-0.3, -0.25) is 0 Å². The molecule has 26 heavy (non-hydrogen) atoms. The molecule has 1 aromatic heterocycles. The molecule has 4 rings (SSSR count). The topological polar surface area (TPSA) is 39.2 Å². The Morgan fingerprint density at radius 2 is 1.69 bits per heavy atom. The first-order valence-corrected chi connectivity index (χ1v) is 8.89. The van der Waals surface area contributed by atoms with Crippen LogP contribution in [0.4, 0.5) is 4.39 Å². The van der Waals surface area contributed by atoms with E-state index in [1.165, 1.54) is 17.4 Å². The van der Waals surface area contributed by atoms with E-state index in [0.717, 1.165) is 15.2 Å². The van der Waals surface area contributed by atoms with E-state index in [2.05, 4.69) is 4.98 Å². The molecule has 0 spiro atoms. The standard InChI is InChI=1S/C21H14FNO2S/c22-17-10-4-1-7-14(17)13-25-21(24)16-9-3-2-8-15(16)20-23-18-11-5-6-12-19(18)26-20/h1-12H,13H2. The number of benzene rings is 3. The normalized spacial score (nSPS) is 10.8. The zero-order valence-corrected chi connectivity index (χ0v) is 14.5. The van der Waals surface area contributed by atoms with E-state index in [0.29, 0.717) is 16.7 Å². The molecule has 0 unspecified atom stereocenters. The lowest BCUT2D eigenvalue weighted by atomic mass is 10.1. The lowest BCUT2D eigenvalue weighted by Crippen LogP contribution is -2.07. The van der Waals surface area contributed by atoms with Crippen molar-refractivity contribution in [2.45, 2.75) is 6.61 Å². The minimum atomic E-state index is -0.497. The highest BCUT2D eigenvalue weighted by Crippen LogP contribution is 2.32. The van der Waals surface area contributed by atoms with Crippen LogP contribution in [0.3, 0.4) is 0 Å². The maximum absolute atomic E-state index is 13.7. The second kappa shape index (κ2) is 7.06. The number of aromatic nitrogens is 1. The Labute approximate surface area is 153 Å². The molecule has 0 aliphatic rings. The van der Waals surface area contributed by atoms with Crippen LogP contribution in [0.5, 0.6) is 0 Å². The molecule has 0 atom stereocenters. The molecule has 0 bridgehead atoms. The molecule has 1 heterocycles. The SMILES string of the molecule is O=C(OCc1ccccc1F)c1ccccc1-c1nc2ccccc2s1. The highest BCUT2D eigenvalue weighted by molar-refractivity contribution is 7.21. The molecule has 0 radical (unpaired) electrons. The summed E-state index contributed by atoms with van der Waals surface area (Å²) in [5, 5.41) is 0.754. The van der Waals surface area contributed by atoms with Crippen LogP contribution in [0.25, 0.3) is 20.8 Å². The number of rotatable bonds is 4. The molecule has 3 aromatic carbocycles. The van der Waals surface area contributed by atoms with Crippen LogP contribution in [0.15, 0.2) is 72.8 Å². The van der Waals surface area contributed by atoms with Gasteiger partial charge in [0.05, 0.1) is 15.8 Å². The van der Waals surface area contributed by atoms with Gasteiger partial charge in [0.1, 0.15) is 17.4 Å². The van der Waals surface area contributed by atoms with Crippen LogP contribution in [0.2, 0.25) is 0 Å². The zero-order valence-electron chi connectivity index (χ0n) is 13.7. The van der Waals surface area contributed by atoms with Crippen molar-refractivity contribution in [2.75, 3.05) is 0 Å². The Hall–Kier alpha value is -3.05. The second-order valence-electron chi connectivity index (χ2n) is 5.70. The number of hydrogen-bond acceptors (Lipinski definition) is 4. The van der Waals surface area contributed by atoms with Gasteiger partial charge >= 0.3 is 5.97 Å². The average Bonchev–Trinajstić information content (AvgIpc) is 3.11. The summed E-state index contributed by atoms with van der Waals surface area (Å²) in [5.41, 5.74) is 2.37. The Bertz CT molecular complexity index is 1060. The number of fused-ring (bicyclic) bond motifs is 1. The van der Waals surface area contributed by atoms with Crippen LogP contribution < -0.4 is 0 Å². The minimum Gasteiger partial charge on any atom is -0.457 e. The lowest BCUT2D eigenvalue weighted by Gasteiger charge is -2.08. The Morgan fingerprint density at radius 1 is 0.962 bits per heavy atom. The molecule has 0 N–H and O–H groups in total. The number of thiazole rings is 1. The molecule has 3 nitrogen and oxygen atoms in total. The van der Waals surface area contributed by atoms with Gasteiger partial charge in [-0.15, -0.1) is 11.3 Å². The summed E-state index contributed by atoms with van der Waals surface area (Å²) in [5.74, 6) is -0.886.